The second-order valence-electron chi connectivity index (χ2n) is 8.82. The Labute approximate surface area is 229 Å². The third-order valence-corrected chi connectivity index (χ3v) is 6.63. The van der Waals surface area contributed by atoms with E-state index in [2.05, 4.69) is 15.5 Å². The second-order valence-corrected chi connectivity index (χ2v) is 9.22. The minimum absolute atomic E-state index is 0.205. The van der Waals surface area contributed by atoms with Crippen LogP contribution in [0.4, 0.5) is 5.69 Å². The molecule has 12 nitrogen and oxygen atoms in total. The number of morpholine rings is 1. The van der Waals surface area contributed by atoms with E-state index in [0.29, 0.717) is 37.8 Å². The zero-order chi connectivity index (χ0) is 27.9. The summed E-state index contributed by atoms with van der Waals surface area (Å²) in [6.07, 6.45) is 0. The minimum Gasteiger partial charge on any atom is -0.495 e. The predicted octanol–water partition coefficient (Wildman–Crippen LogP) is 0.921. The molecule has 3 aromatic rings. The highest BCUT2D eigenvalue weighted by molar-refractivity contribution is 6.32. The van der Waals surface area contributed by atoms with Crippen LogP contribution in [-0.4, -0.2) is 79.5 Å². The van der Waals surface area contributed by atoms with E-state index in [1.165, 1.54) is 26.4 Å². The highest BCUT2D eigenvalue weighted by atomic mass is 35.5. The molecule has 0 atom stereocenters. The summed E-state index contributed by atoms with van der Waals surface area (Å²) >= 11 is 6.20. The van der Waals surface area contributed by atoms with Crippen molar-refractivity contribution in [3.05, 3.63) is 62.3 Å². The number of nitrogens with zero attached hydrogens (tertiary/aromatic N) is 3. The molecule has 0 saturated carbocycles. The number of ether oxygens (including phenoxy) is 3. The summed E-state index contributed by atoms with van der Waals surface area (Å²) < 4.78 is 17.8. The summed E-state index contributed by atoms with van der Waals surface area (Å²) in [5, 5.41) is 5.90. The van der Waals surface area contributed by atoms with Gasteiger partial charge in [0.1, 0.15) is 24.6 Å². The van der Waals surface area contributed by atoms with Gasteiger partial charge >= 0.3 is 5.69 Å². The van der Waals surface area contributed by atoms with Crippen molar-refractivity contribution < 1.29 is 23.8 Å². The average molecular weight is 560 g/mol. The molecule has 1 aromatic heterocycles. The number of fused-ring (bicyclic) bond motifs is 1. The Morgan fingerprint density at radius 2 is 1.67 bits per heavy atom. The van der Waals surface area contributed by atoms with Crippen molar-refractivity contribution in [2.24, 2.45) is 0 Å². The van der Waals surface area contributed by atoms with E-state index in [4.69, 9.17) is 25.8 Å². The molecule has 1 saturated heterocycles. The van der Waals surface area contributed by atoms with Gasteiger partial charge in [0.25, 0.3) is 5.56 Å². The summed E-state index contributed by atoms with van der Waals surface area (Å²) in [6, 6.07) is 9.42. The van der Waals surface area contributed by atoms with Crippen molar-refractivity contribution in [3.63, 3.8) is 0 Å². The smallest absolute Gasteiger partial charge is 0.332 e. The van der Waals surface area contributed by atoms with Crippen molar-refractivity contribution in [3.8, 4) is 11.5 Å². The first-order chi connectivity index (χ1) is 18.8. The Bertz CT molecular complexity index is 1480. The molecule has 0 radical (unpaired) electrons. The van der Waals surface area contributed by atoms with Crippen LogP contribution in [0.25, 0.3) is 10.9 Å². The maximum atomic E-state index is 13.4. The number of para-hydroxylation sites is 1. The number of nitrogens with one attached hydrogen (secondary N) is 2. The zero-order valence-corrected chi connectivity index (χ0v) is 22.5. The monoisotopic (exact) mass is 559 g/mol. The zero-order valence-electron chi connectivity index (χ0n) is 21.7. The molecule has 2 N–H and O–H groups in total. The number of hydrogen-bond acceptors (Lipinski definition) is 8. The summed E-state index contributed by atoms with van der Waals surface area (Å²) in [5.74, 6) is -0.377. The largest absolute Gasteiger partial charge is 0.495 e. The SMILES string of the molecule is COc1cc(OC)c(NC(=O)Cn2c(=O)n(CC(=O)NCCN3CCOCC3)c(=O)c3ccccc32)cc1Cl. The van der Waals surface area contributed by atoms with E-state index in [1.54, 1.807) is 24.3 Å². The number of anilines is 1. The van der Waals surface area contributed by atoms with E-state index in [1.807, 2.05) is 0 Å². The number of benzene rings is 2. The van der Waals surface area contributed by atoms with Crippen LogP contribution < -0.4 is 31.4 Å². The van der Waals surface area contributed by atoms with Gasteiger partial charge < -0.3 is 24.8 Å². The molecule has 0 aliphatic carbocycles. The van der Waals surface area contributed by atoms with Gasteiger partial charge in [-0.15, -0.1) is 0 Å². The van der Waals surface area contributed by atoms with Crippen LogP contribution in [-0.2, 0) is 27.4 Å². The summed E-state index contributed by atoms with van der Waals surface area (Å²) in [7, 11) is 2.88. The third-order valence-electron chi connectivity index (χ3n) is 6.34. The number of rotatable bonds is 10. The van der Waals surface area contributed by atoms with Gasteiger partial charge in [0.15, 0.2) is 0 Å². The van der Waals surface area contributed by atoms with Gasteiger partial charge in [-0.05, 0) is 18.2 Å². The summed E-state index contributed by atoms with van der Waals surface area (Å²) in [5.41, 5.74) is -0.846. The molecule has 2 amide bonds. The van der Waals surface area contributed by atoms with Crippen LogP contribution in [0, 0.1) is 0 Å². The molecule has 208 valence electrons. The van der Waals surface area contributed by atoms with Gasteiger partial charge in [-0.1, -0.05) is 23.7 Å². The fraction of sp³-hybridized carbons (Fsp3) is 0.385. The second kappa shape index (κ2) is 12.8. The number of methoxy groups -OCH3 is 2. The number of amides is 2. The third kappa shape index (κ3) is 6.59. The van der Waals surface area contributed by atoms with E-state index in [-0.39, 0.29) is 21.6 Å². The first-order valence-corrected chi connectivity index (χ1v) is 12.7. The van der Waals surface area contributed by atoms with Gasteiger partial charge in [0, 0.05) is 32.2 Å². The topological polar surface area (TPSA) is 133 Å². The van der Waals surface area contributed by atoms with Crippen LogP contribution in [0.2, 0.25) is 5.02 Å². The summed E-state index contributed by atoms with van der Waals surface area (Å²) in [6.45, 7) is 2.94. The standard InChI is InChI=1S/C26H30ClN5O7/c1-37-21-14-22(38-2)19(13-18(21)27)29-24(34)16-31-20-6-4-3-5-17(20)25(35)32(26(31)36)15-23(33)28-7-8-30-9-11-39-12-10-30/h3-6,13-14H,7-12,15-16H2,1-2H3,(H,28,33)(H,29,34). The number of aromatic nitrogens is 2. The molecule has 13 heteroatoms. The lowest BCUT2D eigenvalue weighted by atomic mass is 10.2. The maximum Gasteiger partial charge on any atom is 0.332 e. The molecule has 1 aliphatic heterocycles. The van der Waals surface area contributed by atoms with Crippen LogP contribution in [0.1, 0.15) is 0 Å². The Balaban J connectivity index is 1.55. The van der Waals surface area contributed by atoms with Gasteiger partial charge in [0.2, 0.25) is 11.8 Å². The molecule has 39 heavy (non-hydrogen) atoms. The summed E-state index contributed by atoms with van der Waals surface area (Å²) in [4.78, 5) is 54.4. The Morgan fingerprint density at radius 1 is 0.974 bits per heavy atom. The van der Waals surface area contributed by atoms with E-state index in [9.17, 15) is 19.2 Å². The average Bonchev–Trinajstić information content (AvgIpc) is 2.94. The van der Waals surface area contributed by atoms with E-state index >= 15 is 0 Å². The molecular formula is C26H30ClN5O7. The van der Waals surface area contributed by atoms with E-state index in [0.717, 1.165) is 22.2 Å². The molecule has 2 heterocycles. The first kappa shape index (κ1) is 28.1. The Kier molecular flexibility index (Phi) is 9.23. The normalized spacial score (nSPS) is 13.7. The predicted molar refractivity (Wildman–Crippen MR) is 146 cm³/mol. The number of halogens is 1. The highest BCUT2D eigenvalue weighted by Crippen LogP contribution is 2.35. The van der Waals surface area contributed by atoms with Crippen LogP contribution in [0.15, 0.2) is 46.0 Å². The Morgan fingerprint density at radius 3 is 2.38 bits per heavy atom. The van der Waals surface area contributed by atoms with Crippen LogP contribution in [0.5, 0.6) is 11.5 Å². The van der Waals surface area contributed by atoms with Crippen molar-refractivity contribution in [2.45, 2.75) is 13.1 Å². The van der Waals surface area contributed by atoms with E-state index < -0.39 is 36.2 Å². The molecule has 0 bridgehead atoms. The fourth-order valence-electron chi connectivity index (χ4n) is 4.33. The van der Waals surface area contributed by atoms with Gasteiger partial charge in [-0.25, -0.2) is 4.79 Å². The molecular weight excluding hydrogens is 530 g/mol. The number of carbonyl (C=O) groups excluding carboxylic acids is 2. The minimum atomic E-state index is -0.781. The number of carbonyl (C=O) groups is 2. The molecule has 1 fully saturated rings. The van der Waals surface area contributed by atoms with Crippen molar-refractivity contribution >= 4 is 40.0 Å². The highest BCUT2D eigenvalue weighted by Gasteiger charge is 2.19. The maximum absolute atomic E-state index is 13.4. The van der Waals surface area contributed by atoms with Gasteiger partial charge in [-0.2, -0.15) is 0 Å². The lowest BCUT2D eigenvalue weighted by Crippen LogP contribution is -2.46. The van der Waals surface area contributed by atoms with Crippen LogP contribution in [0.3, 0.4) is 0 Å². The molecule has 0 spiro atoms. The van der Waals surface area contributed by atoms with Gasteiger partial charge in [0.05, 0.1) is 49.0 Å². The van der Waals surface area contributed by atoms with Crippen LogP contribution >= 0.6 is 11.6 Å². The lowest BCUT2D eigenvalue weighted by Gasteiger charge is -2.26. The van der Waals surface area contributed by atoms with Crippen molar-refractivity contribution in [2.75, 3.05) is 58.9 Å². The van der Waals surface area contributed by atoms with Crippen molar-refractivity contribution in [1.82, 2.24) is 19.4 Å². The van der Waals surface area contributed by atoms with Gasteiger partial charge in [-0.3, -0.25) is 28.4 Å². The number of hydrogen-bond donors (Lipinski definition) is 2. The molecule has 4 rings (SSSR count). The molecule has 2 aromatic carbocycles. The first-order valence-electron chi connectivity index (χ1n) is 12.3. The molecule has 1 aliphatic rings. The lowest BCUT2D eigenvalue weighted by molar-refractivity contribution is -0.121. The fourth-order valence-corrected chi connectivity index (χ4v) is 4.57. The quantitative estimate of drug-likeness (QED) is 0.375. The molecule has 0 unspecified atom stereocenters. The Hall–Kier alpha value is -3.87. The van der Waals surface area contributed by atoms with Crippen molar-refractivity contribution in [1.29, 1.82) is 0 Å².